The number of benzene rings is 2. The van der Waals surface area contributed by atoms with Gasteiger partial charge in [0.15, 0.2) is 5.78 Å². The van der Waals surface area contributed by atoms with E-state index in [9.17, 15) is 13.6 Å². The van der Waals surface area contributed by atoms with Gasteiger partial charge < -0.3 is 5.32 Å². The van der Waals surface area contributed by atoms with Crippen LogP contribution in [0.5, 0.6) is 0 Å². The number of hydrogen-bond donors (Lipinski definition) is 1. The molecule has 1 saturated heterocycles. The second kappa shape index (κ2) is 7.72. The minimum absolute atomic E-state index is 0.218. The maximum Gasteiger partial charge on any atom is 0.187 e. The molecule has 0 saturated carbocycles. The molecule has 3 rings (SSSR count). The zero-order chi connectivity index (χ0) is 18.0. The highest BCUT2D eigenvalue weighted by molar-refractivity contribution is 9.10. The average Bonchev–Trinajstić information content (AvgIpc) is 2.57. The lowest BCUT2D eigenvalue weighted by Crippen LogP contribution is -2.32. The van der Waals surface area contributed by atoms with Gasteiger partial charge in [-0.3, -0.25) is 4.79 Å². The number of carbonyl (C=O) groups is 1. The van der Waals surface area contributed by atoms with Gasteiger partial charge in [-0.05, 0) is 36.4 Å². The number of halogens is 4. The third-order valence-corrected chi connectivity index (χ3v) is 5.23. The molecule has 25 heavy (non-hydrogen) atoms. The lowest BCUT2D eigenvalue weighted by Gasteiger charge is -2.18. The molecule has 0 radical (unpaired) electrons. The molecule has 0 bridgehead atoms. The predicted octanol–water partition coefficient (Wildman–Crippen LogP) is 5.13. The Balaban J connectivity index is 1.99. The molecule has 1 N–H and O–H groups in total. The second-order valence-electron chi connectivity index (χ2n) is 5.54. The van der Waals surface area contributed by atoms with Crippen LogP contribution in [0.4, 0.5) is 8.78 Å². The van der Waals surface area contributed by atoms with Gasteiger partial charge in [0, 0.05) is 44.3 Å². The SMILES string of the molecule is O=C1/C(=C/c2c(F)cccc2Br)CNC/C1=C\c1c(F)cccc1Br. The smallest absolute Gasteiger partial charge is 0.187 e. The maximum absolute atomic E-state index is 14.0. The molecule has 0 spiro atoms. The topological polar surface area (TPSA) is 29.1 Å². The minimum Gasteiger partial charge on any atom is -0.308 e. The van der Waals surface area contributed by atoms with Crippen LogP contribution in [0.15, 0.2) is 56.5 Å². The summed E-state index contributed by atoms with van der Waals surface area (Å²) in [6, 6.07) is 9.27. The summed E-state index contributed by atoms with van der Waals surface area (Å²) in [5, 5.41) is 3.10. The molecular weight excluding hydrogens is 456 g/mol. The first kappa shape index (κ1) is 18.2. The van der Waals surface area contributed by atoms with Crippen LogP contribution in [-0.2, 0) is 4.79 Å². The van der Waals surface area contributed by atoms with Crippen LogP contribution in [0.25, 0.3) is 12.2 Å². The van der Waals surface area contributed by atoms with Crippen molar-refractivity contribution in [3.8, 4) is 0 Å². The van der Waals surface area contributed by atoms with Crippen molar-refractivity contribution in [3.05, 3.63) is 79.3 Å². The van der Waals surface area contributed by atoms with E-state index in [1.807, 2.05) is 0 Å². The van der Waals surface area contributed by atoms with Gasteiger partial charge >= 0.3 is 0 Å². The largest absolute Gasteiger partial charge is 0.308 e. The number of hydrogen-bond acceptors (Lipinski definition) is 2. The van der Waals surface area contributed by atoms with Crippen molar-refractivity contribution >= 4 is 49.8 Å². The fourth-order valence-corrected chi connectivity index (χ4v) is 3.49. The quantitative estimate of drug-likeness (QED) is 0.619. The van der Waals surface area contributed by atoms with Crippen molar-refractivity contribution < 1.29 is 13.6 Å². The van der Waals surface area contributed by atoms with Crippen LogP contribution < -0.4 is 5.32 Å². The summed E-state index contributed by atoms with van der Waals surface area (Å²) >= 11 is 6.59. The molecule has 1 fully saturated rings. The molecule has 0 unspecified atom stereocenters. The number of nitrogens with one attached hydrogen (secondary N) is 1. The average molecular weight is 469 g/mol. The number of piperidine rings is 1. The Hall–Kier alpha value is -1.63. The summed E-state index contributed by atoms with van der Waals surface area (Å²) in [6.07, 6.45) is 3.05. The second-order valence-corrected chi connectivity index (χ2v) is 7.25. The summed E-state index contributed by atoms with van der Waals surface area (Å²) in [4.78, 5) is 12.7. The molecule has 2 aromatic carbocycles. The Morgan fingerprint density at radius 1 is 0.840 bits per heavy atom. The molecule has 1 heterocycles. The Bertz CT molecular complexity index is 794. The number of rotatable bonds is 2. The lowest BCUT2D eigenvalue weighted by atomic mass is 9.95. The Kier molecular flexibility index (Phi) is 5.61. The van der Waals surface area contributed by atoms with Crippen LogP contribution in [0.3, 0.4) is 0 Å². The normalized spacial score (nSPS) is 18.2. The van der Waals surface area contributed by atoms with Gasteiger partial charge in [0.2, 0.25) is 0 Å². The fourth-order valence-electron chi connectivity index (χ4n) is 2.58. The first-order chi connectivity index (χ1) is 12.0. The van der Waals surface area contributed by atoms with Crippen molar-refractivity contribution in [2.24, 2.45) is 0 Å². The highest BCUT2D eigenvalue weighted by Gasteiger charge is 2.22. The molecule has 0 amide bonds. The van der Waals surface area contributed by atoms with Crippen LogP contribution in [0, 0.1) is 11.6 Å². The van der Waals surface area contributed by atoms with E-state index < -0.39 is 11.6 Å². The predicted molar refractivity (Wildman–Crippen MR) is 102 cm³/mol. The molecule has 6 heteroatoms. The van der Waals surface area contributed by atoms with Crippen LogP contribution >= 0.6 is 31.9 Å². The van der Waals surface area contributed by atoms with Gasteiger partial charge in [0.05, 0.1) is 0 Å². The van der Waals surface area contributed by atoms with Gasteiger partial charge in [0.1, 0.15) is 11.6 Å². The fraction of sp³-hybridized carbons (Fsp3) is 0.105. The Labute approximate surface area is 160 Å². The number of Topliss-reactive ketones (excluding diaryl/α,β-unsaturated/α-hetero) is 1. The summed E-state index contributed by atoms with van der Waals surface area (Å²) in [6.45, 7) is 0.658. The monoisotopic (exact) mass is 467 g/mol. The van der Waals surface area contributed by atoms with E-state index in [0.29, 0.717) is 44.3 Å². The highest BCUT2D eigenvalue weighted by atomic mass is 79.9. The van der Waals surface area contributed by atoms with E-state index in [1.165, 1.54) is 24.3 Å². The Morgan fingerprint density at radius 3 is 1.68 bits per heavy atom. The standard InChI is InChI=1S/C19H13Br2F2NO/c20-15-3-1-5-17(22)13(15)7-11-9-24-10-12(19(11)25)8-14-16(21)4-2-6-18(14)23/h1-8,24H,9-10H2/b11-7+,12-8+. The van der Waals surface area contributed by atoms with Gasteiger partial charge in [-0.2, -0.15) is 0 Å². The third-order valence-electron chi connectivity index (χ3n) is 3.85. The van der Waals surface area contributed by atoms with E-state index in [4.69, 9.17) is 0 Å². The zero-order valence-electron chi connectivity index (χ0n) is 13.0. The molecule has 2 aromatic rings. The van der Waals surface area contributed by atoms with E-state index in [2.05, 4.69) is 37.2 Å². The molecular formula is C19H13Br2F2NO. The first-order valence-electron chi connectivity index (χ1n) is 7.52. The van der Waals surface area contributed by atoms with Crippen LogP contribution in [-0.4, -0.2) is 18.9 Å². The number of ketones is 1. The van der Waals surface area contributed by atoms with Crippen molar-refractivity contribution in [1.29, 1.82) is 0 Å². The Morgan fingerprint density at radius 2 is 1.28 bits per heavy atom. The van der Waals surface area contributed by atoms with E-state index >= 15 is 0 Å². The van der Waals surface area contributed by atoms with Crippen LogP contribution in [0.2, 0.25) is 0 Å². The summed E-state index contributed by atoms with van der Waals surface area (Å²) in [5.74, 6) is -1.05. The van der Waals surface area contributed by atoms with Gasteiger partial charge in [-0.1, -0.05) is 44.0 Å². The van der Waals surface area contributed by atoms with Crippen LogP contribution in [0.1, 0.15) is 11.1 Å². The lowest BCUT2D eigenvalue weighted by molar-refractivity contribution is -0.112. The zero-order valence-corrected chi connectivity index (χ0v) is 16.1. The maximum atomic E-state index is 14.0. The summed E-state index contributed by atoms with van der Waals surface area (Å²) in [5.41, 5.74) is 1.49. The molecule has 1 aliphatic heterocycles. The van der Waals surface area contributed by atoms with Crippen molar-refractivity contribution in [2.75, 3.05) is 13.1 Å². The van der Waals surface area contributed by atoms with E-state index in [1.54, 1.807) is 24.3 Å². The van der Waals surface area contributed by atoms with Crippen molar-refractivity contribution in [1.82, 2.24) is 5.32 Å². The highest BCUT2D eigenvalue weighted by Crippen LogP contribution is 2.26. The van der Waals surface area contributed by atoms with Gasteiger partial charge in [0.25, 0.3) is 0 Å². The van der Waals surface area contributed by atoms with E-state index in [-0.39, 0.29) is 5.78 Å². The van der Waals surface area contributed by atoms with Gasteiger partial charge in [-0.15, -0.1) is 0 Å². The molecule has 0 aromatic heterocycles. The number of carbonyl (C=O) groups excluding carboxylic acids is 1. The van der Waals surface area contributed by atoms with Crippen molar-refractivity contribution in [3.63, 3.8) is 0 Å². The van der Waals surface area contributed by atoms with Crippen molar-refractivity contribution in [2.45, 2.75) is 0 Å². The minimum atomic E-state index is -0.414. The summed E-state index contributed by atoms with van der Waals surface area (Å²) in [7, 11) is 0. The van der Waals surface area contributed by atoms with E-state index in [0.717, 1.165) is 0 Å². The molecule has 0 aliphatic carbocycles. The molecule has 1 aliphatic rings. The first-order valence-corrected chi connectivity index (χ1v) is 9.10. The molecule has 2 nitrogen and oxygen atoms in total. The molecule has 0 atom stereocenters. The molecule has 128 valence electrons. The van der Waals surface area contributed by atoms with Gasteiger partial charge in [-0.25, -0.2) is 8.78 Å². The summed E-state index contributed by atoms with van der Waals surface area (Å²) < 4.78 is 29.2. The third kappa shape index (κ3) is 3.97.